The molecule has 0 saturated carbocycles. The molecule has 0 aliphatic carbocycles. The van der Waals surface area contributed by atoms with E-state index in [0.29, 0.717) is 28.3 Å². The van der Waals surface area contributed by atoms with Crippen molar-refractivity contribution in [2.24, 2.45) is 5.10 Å². The highest BCUT2D eigenvalue weighted by molar-refractivity contribution is 6.04. The minimum absolute atomic E-state index is 0.215. The number of carbonyl (C=O) groups excluding carboxylic acids is 2. The number of rotatable bonds is 7. The summed E-state index contributed by atoms with van der Waals surface area (Å²) in [6.45, 7) is 0. The Bertz CT molecular complexity index is 1050. The molecule has 0 heterocycles. The van der Waals surface area contributed by atoms with Gasteiger partial charge in [0.1, 0.15) is 0 Å². The van der Waals surface area contributed by atoms with Crippen molar-refractivity contribution in [3.63, 3.8) is 0 Å². The van der Waals surface area contributed by atoms with E-state index in [2.05, 4.69) is 15.8 Å². The molecule has 30 heavy (non-hydrogen) atoms. The third kappa shape index (κ3) is 5.23. The Morgan fingerprint density at radius 2 is 1.47 bits per heavy atom. The summed E-state index contributed by atoms with van der Waals surface area (Å²) in [6, 6.07) is 20.7. The second-order valence-electron chi connectivity index (χ2n) is 6.21. The van der Waals surface area contributed by atoms with Crippen LogP contribution in [0.5, 0.6) is 11.5 Å². The highest BCUT2D eigenvalue weighted by Gasteiger charge is 2.08. The van der Waals surface area contributed by atoms with E-state index in [0.717, 1.165) is 5.56 Å². The van der Waals surface area contributed by atoms with Gasteiger partial charge in [-0.05, 0) is 60.2 Å². The Hall–Kier alpha value is -4.13. The van der Waals surface area contributed by atoms with Crippen molar-refractivity contribution in [2.75, 3.05) is 19.5 Å². The number of benzene rings is 3. The first-order valence-corrected chi connectivity index (χ1v) is 9.12. The zero-order valence-corrected chi connectivity index (χ0v) is 16.6. The molecular formula is C23H21N3O4. The Balaban J connectivity index is 1.58. The number of nitrogens with one attached hydrogen (secondary N) is 2. The highest BCUT2D eigenvalue weighted by atomic mass is 16.5. The van der Waals surface area contributed by atoms with E-state index < -0.39 is 0 Å². The van der Waals surface area contributed by atoms with Gasteiger partial charge in [0.25, 0.3) is 11.8 Å². The number of hydrogen-bond acceptors (Lipinski definition) is 5. The van der Waals surface area contributed by atoms with Crippen molar-refractivity contribution < 1.29 is 19.1 Å². The first kappa shape index (κ1) is 20.6. The van der Waals surface area contributed by atoms with Gasteiger partial charge in [-0.2, -0.15) is 5.10 Å². The molecule has 0 aromatic heterocycles. The van der Waals surface area contributed by atoms with Gasteiger partial charge in [-0.3, -0.25) is 9.59 Å². The molecule has 2 N–H and O–H groups in total. The molecule has 0 bridgehead atoms. The van der Waals surface area contributed by atoms with Crippen LogP contribution in [0.3, 0.4) is 0 Å². The molecule has 2 amide bonds. The summed E-state index contributed by atoms with van der Waals surface area (Å²) in [5.74, 6) is 0.596. The van der Waals surface area contributed by atoms with Gasteiger partial charge >= 0.3 is 0 Å². The molecule has 0 aliphatic heterocycles. The zero-order valence-electron chi connectivity index (χ0n) is 16.6. The largest absolute Gasteiger partial charge is 0.493 e. The zero-order chi connectivity index (χ0) is 21.3. The number of methoxy groups -OCH3 is 2. The number of ether oxygens (including phenoxy) is 2. The lowest BCUT2D eigenvalue weighted by Crippen LogP contribution is -2.17. The molecule has 0 saturated heterocycles. The second kappa shape index (κ2) is 9.88. The van der Waals surface area contributed by atoms with Crippen molar-refractivity contribution in [2.45, 2.75) is 0 Å². The SMILES string of the molecule is COc1ccc(/C=N\NC(=O)c2ccc(NC(=O)c3ccccc3)cc2)cc1OC. The van der Waals surface area contributed by atoms with Crippen LogP contribution in [0.15, 0.2) is 77.9 Å². The lowest BCUT2D eigenvalue weighted by molar-refractivity contribution is 0.0954. The van der Waals surface area contributed by atoms with Crippen LogP contribution >= 0.6 is 0 Å². The van der Waals surface area contributed by atoms with Crippen molar-refractivity contribution in [1.82, 2.24) is 5.43 Å². The number of hydrogen-bond donors (Lipinski definition) is 2. The molecular weight excluding hydrogens is 382 g/mol. The number of nitrogens with zero attached hydrogens (tertiary/aromatic N) is 1. The topological polar surface area (TPSA) is 89.0 Å². The average molecular weight is 403 g/mol. The molecule has 152 valence electrons. The van der Waals surface area contributed by atoms with Gasteiger partial charge < -0.3 is 14.8 Å². The fraction of sp³-hybridized carbons (Fsp3) is 0.0870. The van der Waals surface area contributed by atoms with Crippen LogP contribution in [0.2, 0.25) is 0 Å². The third-order valence-corrected chi connectivity index (χ3v) is 4.23. The highest BCUT2D eigenvalue weighted by Crippen LogP contribution is 2.26. The second-order valence-corrected chi connectivity index (χ2v) is 6.21. The predicted molar refractivity (Wildman–Crippen MR) is 115 cm³/mol. The number of anilines is 1. The quantitative estimate of drug-likeness (QED) is 0.465. The summed E-state index contributed by atoms with van der Waals surface area (Å²) >= 11 is 0. The number of hydrazone groups is 1. The number of carbonyl (C=O) groups is 2. The molecule has 0 fully saturated rings. The molecule has 3 rings (SSSR count). The van der Waals surface area contributed by atoms with E-state index in [-0.39, 0.29) is 11.8 Å². The summed E-state index contributed by atoms with van der Waals surface area (Å²) in [7, 11) is 3.11. The summed E-state index contributed by atoms with van der Waals surface area (Å²) in [5.41, 5.74) is 4.78. The molecule has 3 aromatic carbocycles. The van der Waals surface area contributed by atoms with E-state index in [1.807, 2.05) is 6.07 Å². The average Bonchev–Trinajstić information content (AvgIpc) is 2.79. The Morgan fingerprint density at radius 3 is 2.13 bits per heavy atom. The van der Waals surface area contributed by atoms with Gasteiger partial charge in [-0.15, -0.1) is 0 Å². The maximum absolute atomic E-state index is 12.3. The van der Waals surface area contributed by atoms with Crippen molar-refractivity contribution in [3.05, 3.63) is 89.5 Å². The fourth-order valence-corrected chi connectivity index (χ4v) is 2.66. The van der Waals surface area contributed by atoms with Gasteiger partial charge in [0.2, 0.25) is 0 Å². The van der Waals surface area contributed by atoms with E-state index in [4.69, 9.17) is 9.47 Å². The van der Waals surface area contributed by atoms with Gasteiger partial charge in [-0.1, -0.05) is 18.2 Å². The Labute approximate surface area is 174 Å². The van der Waals surface area contributed by atoms with E-state index in [1.54, 1.807) is 80.9 Å². The standard InChI is InChI=1S/C23H21N3O4/c1-29-20-13-8-16(14-21(20)30-2)15-24-26-23(28)18-9-11-19(12-10-18)25-22(27)17-6-4-3-5-7-17/h3-15H,1-2H3,(H,25,27)(H,26,28)/b24-15-. The summed E-state index contributed by atoms with van der Waals surface area (Å²) < 4.78 is 10.4. The van der Waals surface area contributed by atoms with Gasteiger partial charge in [0.05, 0.1) is 20.4 Å². The van der Waals surface area contributed by atoms with Crippen LogP contribution in [0, 0.1) is 0 Å². The van der Waals surface area contributed by atoms with E-state index >= 15 is 0 Å². The van der Waals surface area contributed by atoms with E-state index in [1.165, 1.54) is 6.21 Å². The smallest absolute Gasteiger partial charge is 0.271 e. The molecule has 0 unspecified atom stereocenters. The first-order chi connectivity index (χ1) is 14.6. The molecule has 0 radical (unpaired) electrons. The number of amides is 2. The summed E-state index contributed by atoms with van der Waals surface area (Å²) in [5, 5.41) is 6.76. The van der Waals surface area contributed by atoms with Crippen molar-refractivity contribution >= 4 is 23.7 Å². The molecule has 3 aromatic rings. The van der Waals surface area contributed by atoms with Crippen molar-refractivity contribution in [3.8, 4) is 11.5 Å². The maximum Gasteiger partial charge on any atom is 0.271 e. The Morgan fingerprint density at radius 1 is 0.800 bits per heavy atom. The van der Waals surface area contributed by atoms with Crippen LogP contribution in [0.4, 0.5) is 5.69 Å². The third-order valence-electron chi connectivity index (χ3n) is 4.23. The normalized spacial score (nSPS) is 10.5. The van der Waals surface area contributed by atoms with Gasteiger partial charge in [0.15, 0.2) is 11.5 Å². The van der Waals surface area contributed by atoms with Gasteiger partial charge in [0, 0.05) is 16.8 Å². The van der Waals surface area contributed by atoms with Crippen LogP contribution in [0.1, 0.15) is 26.3 Å². The van der Waals surface area contributed by atoms with Crippen LogP contribution in [-0.4, -0.2) is 32.2 Å². The predicted octanol–water partition coefficient (Wildman–Crippen LogP) is 3.72. The lowest BCUT2D eigenvalue weighted by Gasteiger charge is -2.07. The molecule has 0 atom stereocenters. The molecule has 0 spiro atoms. The molecule has 7 heteroatoms. The Kier molecular flexibility index (Phi) is 6.78. The van der Waals surface area contributed by atoms with Crippen LogP contribution < -0.4 is 20.2 Å². The molecule has 0 aliphatic rings. The van der Waals surface area contributed by atoms with Crippen molar-refractivity contribution in [1.29, 1.82) is 0 Å². The minimum atomic E-state index is -0.368. The van der Waals surface area contributed by atoms with Gasteiger partial charge in [-0.25, -0.2) is 5.43 Å². The van der Waals surface area contributed by atoms with E-state index in [9.17, 15) is 9.59 Å². The van der Waals surface area contributed by atoms with Crippen LogP contribution in [0.25, 0.3) is 0 Å². The van der Waals surface area contributed by atoms with Crippen LogP contribution in [-0.2, 0) is 0 Å². The first-order valence-electron chi connectivity index (χ1n) is 9.12. The lowest BCUT2D eigenvalue weighted by atomic mass is 10.1. The maximum atomic E-state index is 12.3. The fourth-order valence-electron chi connectivity index (χ4n) is 2.66. The minimum Gasteiger partial charge on any atom is -0.493 e. The molecule has 7 nitrogen and oxygen atoms in total. The summed E-state index contributed by atoms with van der Waals surface area (Å²) in [4.78, 5) is 24.4. The summed E-state index contributed by atoms with van der Waals surface area (Å²) in [6.07, 6.45) is 1.51. The monoisotopic (exact) mass is 403 g/mol.